The molecule has 0 amide bonds. The standard InChI is InChI=1S/C6H11FO5/c7-1-2(8)5-3(9)4(10)6(11)12-5/h2-6,8-11H,1H2/t2-,3-,4-,5+,6+/m0/s1. The van der Waals surface area contributed by atoms with E-state index in [-0.39, 0.29) is 0 Å². The van der Waals surface area contributed by atoms with Crippen molar-refractivity contribution in [2.24, 2.45) is 0 Å². The van der Waals surface area contributed by atoms with Crippen LogP contribution in [0.15, 0.2) is 0 Å². The monoisotopic (exact) mass is 182 g/mol. The molecule has 4 N–H and O–H groups in total. The molecule has 0 saturated carbocycles. The number of ether oxygens (including phenoxy) is 1. The second kappa shape index (κ2) is 3.63. The molecule has 0 unspecified atom stereocenters. The van der Waals surface area contributed by atoms with Gasteiger partial charge in [-0.25, -0.2) is 4.39 Å². The first-order chi connectivity index (χ1) is 5.57. The van der Waals surface area contributed by atoms with Crippen molar-refractivity contribution >= 4 is 0 Å². The summed E-state index contributed by atoms with van der Waals surface area (Å²) in [4.78, 5) is 0. The molecule has 6 heteroatoms. The average Bonchev–Trinajstić information content (AvgIpc) is 2.32. The third-order valence-electron chi connectivity index (χ3n) is 1.81. The average molecular weight is 182 g/mol. The van der Waals surface area contributed by atoms with Crippen LogP contribution in [-0.4, -0.2) is 57.8 Å². The molecule has 0 radical (unpaired) electrons. The van der Waals surface area contributed by atoms with Crippen molar-refractivity contribution in [3.05, 3.63) is 0 Å². The van der Waals surface area contributed by atoms with Gasteiger partial charge in [0.2, 0.25) is 0 Å². The molecule has 72 valence electrons. The van der Waals surface area contributed by atoms with Gasteiger partial charge in [0.1, 0.15) is 31.1 Å². The Morgan fingerprint density at radius 2 is 1.83 bits per heavy atom. The maximum absolute atomic E-state index is 11.9. The minimum atomic E-state index is -1.56. The van der Waals surface area contributed by atoms with E-state index >= 15 is 0 Å². The third kappa shape index (κ3) is 1.57. The number of alkyl halides is 1. The Morgan fingerprint density at radius 1 is 1.25 bits per heavy atom. The van der Waals surface area contributed by atoms with Crippen molar-refractivity contribution in [3.63, 3.8) is 0 Å². The summed E-state index contributed by atoms with van der Waals surface area (Å²) in [7, 11) is 0. The van der Waals surface area contributed by atoms with Crippen LogP contribution in [0.5, 0.6) is 0 Å². The van der Waals surface area contributed by atoms with Crippen molar-refractivity contribution < 1.29 is 29.6 Å². The highest BCUT2D eigenvalue weighted by Gasteiger charge is 2.45. The predicted molar refractivity (Wildman–Crippen MR) is 34.9 cm³/mol. The molecule has 0 bridgehead atoms. The summed E-state index contributed by atoms with van der Waals surface area (Å²) in [5.41, 5.74) is 0. The van der Waals surface area contributed by atoms with Gasteiger partial charge in [-0.05, 0) is 0 Å². The van der Waals surface area contributed by atoms with Gasteiger partial charge in [0, 0.05) is 0 Å². The fraction of sp³-hybridized carbons (Fsp3) is 1.00. The molecular formula is C6H11FO5. The van der Waals surface area contributed by atoms with E-state index in [1.165, 1.54) is 0 Å². The van der Waals surface area contributed by atoms with E-state index < -0.39 is 37.4 Å². The summed E-state index contributed by atoms with van der Waals surface area (Å²) in [5.74, 6) is 0. The van der Waals surface area contributed by atoms with Crippen molar-refractivity contribution in [1.29, 1.82) is 0 Å². The summed E-state index contributed by atoms with van der Waals surface area (Å²) in [6, 6.07) is 0. The minimum absolute atomic E-state index is 1.10. The highest BCUT2D eigenvalue weighted by atomic mass is 19.1. The van der Waals surface area contributed by atoms with Gasteiger partial charge < -0.3 is 25.2 Å². The van der Waals surface area contributed by atoms with Crippen LogP contribution in [0.4, 0.5) is 4.39 Å². The lowest BCUT2D eigenvalue weighted by Gasteiger charge is -2.17. The molecule has 5 atom stereocenters. The zero-order chi connectivity index (χ0) is 9.30. The molecule has 1 aliphatic rings. The van der Waals surface area contributed by atoms with Gasteiger partial charge in [0.05, 0.1) is 0 Å². The van der Waals surface area contributed by atoms with Crippen molar-refractivity contribution in [2.45, 2.75) is 30.7 Å². The van der Waals surface area contributed by atoms with Gasteiger partial charge in [-0.15, -0.1) is 0 Å². The molecule has 1 saturated heterocycles. The van der Waals surface area contributed by atoms with Crippen LogP contribution >= 0.6 is 0 Å². The molecule has 0 aromatic carbocycles. The van der Waals surface area contributed by atoms with Gasteiger partial charge in [0.25, 0.3) is 0 Å². The molecule has 0 aliphatic carbocycles. The number of aliphatic hydroxyl groups is 4. The maximum Gasteiger partial charge on any atom is 0.184 e. The number of aliphatic hydroxyl groups excluding tert-OH is 4. The van der Waals surface area contributed by atoms with Gasteiger partial charge >= 0.3 is 0 Å². The van der Waals surface area contributed by atoms with Crippen LogP contribution in [0.3, 0.4) is 0 Å². The quantitative estimate of drug-likeness (QED) is 0.387. The van der Waals surface area contributed by atoms with Crippen LogP contribution in [-0.2, 0) is 4.74 Å². The Bertz CT molecular complexity index is 155. The maximum atomic E-state index is 11.9. The zero-order valence-electron chi connectivity index (χ0n) is 6.17. The molecule has 1 aliphatic heterocycles. The number of hydrogen-bond acceptors (Lipinski definition) is 5. The fourth-order valence-corrected chi connectivity index (χ4v) is 1.09. The van der Waals surface area contributed by atoms with Gasteiger partial charge in [-0.3, -0.25) is 0 Å². The predicted octanol–water partition coefficient (Wildman–Crippen LogP) is -2.24. The lowest BCUT2D eigenvalue weighted by molar-refractivity contribution is -0.147. The summed E-state index contributed by atoms with van der Waals surface area (Å²) in [6.07, 6.45) is -7.29. The highest BCUT2D eigenvalue weighted by Crippen LogP contribution is 2.22. The van der Waals surface area contributed by atoms with Crippen molar-refractivity contribution in [2.75, 3.05) is 6.67 Å². The van der Waals surface area contributed by atoms with E-state index in [1.807, 2.05) is 0 Å². The summed E-state index contributed by atoms with van der Waals surface area (Å²) in [6.45, 7) is -1.10. The van der Waals surface area contributed by atoms with Crippen LogP contribution in [0.1, 0.15) is 0 Å². The van der Waals surface area contributed by atoms with Crippen LogP contribution in [0.2, 0.25) is 0 Å². The normalized spacial score (nSPS) is 44.8. The Balaban J connectivity index is 2.58. The SMILES string of the molecule is O[C@H]1[C@H](O)[C@H](O)O[C@@H]1[C@@H](O)CF. The minimum Gasteiger partial charge on any atom is -0.388 e. The first-order valence-corrected chi connectivity index (χ1v) is 3.51. The molecule has 0 spiro atoms. The Hall–Kier alpha value is -0.270. The molecule has 1 rings (SSSR count). The molecule has 5 nitrogen and oxygen atoms in total. The molecule has 0 aromatic heterocycles. The molecule has 1 heterocycles. The largest absolute Gasteiger partial charge is 0.388 e. The van der Waals surface area contributed by atoms with Crippen LogP contribution in [0, 0.1) is 0 Å². The lowest BCUT2D eigenvalue weighted by atomic mass is 10.1. The Kier molecular flexibility index (Phi) is 2.97. The first kappa shape index (κ1) is 9.82. The molecular weight excluding hydrogens is 171 g/mol. The Labute approximate surface area is 68.0 Å². The molecule has 12 heavy (non-hydrogen) atoms. The molecule has 0 aromatic rings. The van der Waals surface area contributed by atoms with Gasteiger partial charge in [-0.2, -0.15) is 0 Å². The zero-order valence-corrected chi connectivity index (χ0v) is 6.17. The smallest absolute Gasteiger partial charge is 0.184 e. The van der Waals surface area contributed by atoms with E-state index in [9.17, 15) is 4.39 Å². The Morgan fingerprint density at radius 3 is 2.17 bits per heavy atom. The highest BCUT2D eigenvalue weighted by molar-refractivity contribution is 4.89. The number of hydrogen-bond donors (Lipinski definition) is 4. The summed E-state index contributed by atoms with van der Waals surface area (Å²) in [5, 5.41) is 35.7. The topological polar surface area (TPSA) is 90.2 Å². The number of rotatable bonds is 2. The third-order valence-corrected chi connectivity index (χ3v) is 1.81. The van der Waals surface area contributed by atoms with E-state index in [1.54, 1.807) is 0 Å². The second-order valence-electron chi connectivity index (χ2n) is 2.69. The van der Waals surface area contributed by atoms with E-state index in [0.717, 1.165) is 0 Å². The van der Waals surface area contributed by atoms with E-state index in [4.69, 9.17) is 20.4 Å². The summed E-state index contributed by atoms with van der Waals surface area (Å²) < 4.78 is 16.4. The summed E-state index contributed by atoms with van der Waals surface area (Å²) >= 11 is 0. The second-order valence-corrected chi connectivity index (χ2v) is 2.69. The van der Waals surface area contributed by atoms with E-state index in [0.29, 0.717) is 0 Å². The van der Waals surface area contributed by atoms with E-state index in [2.05, 4.69) is 4.74 Å². The number of halogens is 1. The van der Waals surface area contributed by atoms with Gasteiger partial charge in [0.15, 0.2) is 6.29 Å². The van der Waals surface area contributed by atoms with Crippen LogP contribution in [0.25, 0.3) is 0 Å². The van der Waals surface area contributed by atoms with Gasteiger partial charge in [-0.1, -0.05) is 0 Å². The van der Waals surface area contributed by atoms with Crippen molar-refractivity contribution in [1.82, 2.24) is 0 Å². The lowest BCUT2D eigenvalue weighted by Crippen LogP contribution is -2.39. The van der Waals surface area contributed by atoms with Crippen LogP contribution < -0.4 is 0 Å². The van der Waals surface area contributed by atoms with Crippen molar-refractivity contribution in [3.8, 4) is 0 Å². The fourth-order valence-electron chi connectivity index (χ4n) is 1.09. The molecule has 1 fully saturated rings. The first-order valence-electron chi connectivity index (χ1n) is 3.51.